The Kier molecular flexibility index (Phi) is 5.67. The van der Waals surface area contributed by atoms with Crippen molar-refractivity contribution < 1.29 is 17.5 Å². The molecule has 0 fully saturated rings. The van der Waals surface area contributed by atoms with Crippen molar-refractivity contribution in [3.05, 3.63) is 88.8 Å². The Bertz CT molecular complexity index is 1440. The summed E-state index contributed by atoms with van der Waals surface area (Å²) in [7, 11) is 0.265. The molecule has 3 aromatic carbocycles. The van der Waals surface area contributed by atoms with E-state index in [0.29, 0.717) is 27.6 Å². The van der Waals surface area contributed by atoms with Crippen LogP contribution in [-0.2, 0) is 9.80 Å². The number of rotatable bonds is 6. The van der Waals surface area contributed by atoms with Crippen molar-refractivity contribution in [2.24, 2.45) is 0 Å². The minimum atomic E-state index is -3.07. The number of hydrogen-bond acceptors (Lipinski definition) is 6. The lowest BCUT2D eigenvalue weighted by Crippen LogP contribution is -2.14. The van der Waals surface area contributed by atoms with Crippen LogP contribution in [0.4, 0.5) is 11.4 Å². The van der Waals surface area contributed by atoms with Crippen molar-refractivity contribution in [1.82, 2.24) is 0 Å². The molecule has 0 aliphatic rings. The van der Waals surface area contributed by atoms with Gasteiger partial charge in [0.05, 0.1) is 17.7 Å². The molecule has 1 aromatic heterocycles. The Morgan fingerprint density at radius 3 is 2.41 bits per heavy atom. The molecular weight excluding hydrogens is 426 g/mol. The second kappa shape index (κ2) is 8.43. The summed E-state index contributed by atoms with van der Waals surface area (Å²) in [6.45, 7) is 1.95. The molecule has 7 heteroatoms. The van der Waals surface area contributed by atoms with Crippen molar-refractivity contribution in [1.29, 1.82) is 0 Å². The molecule has 1 heterocycles. The molecule has 4 rings (SSSR count). The molecule has 0 aliphatic carbocycles. The monoisotopic (exact) mass is 449 g/mol. The molecule has 164 valence electrons. The van der Waals surface area contributed by atoms with E-state index in [-0.39, 0.29) is 5.75 Å². The van der Waals surface area contributed by atoms with Crippen molar-refractivity contribution in [3.8, 4) is 11.5 Å². The Balaban J connectivity index is 1.76. The first-order valence-electron chi connectivity index (χ1n) is 9.86. The van der Waals surface area contributed by atoms with Crippen LogP contribution in [0.25, 0.3) is 11.0 Å². The molecule has 0 amide bonds. The topological polar surface area (TPSA) is 69.0 Å². The van der Waals surface area contributed by atoms with Gasteiger partial charge in [-0.05, 0) is 49.2 Å². The van der Waals surface area contributed by atoms with Gasteiger partial charge in [-0.25, -0.2) is 9.00 Å². The third-order valence-electron chi connectivity index (χ3n) is 5.13. The maximum absolute atomic E-state index is 13.3. The number of methoxy groups -OCH3 is 1. The summed E-state index contributed by atoms with van der Waals surface area (Å²) in [5.41, 5.74) is 2.46. The Hall–Kier alpha value is -3.71. The molecule has 0 bridgehead atoms. The zero-order valence-electron chi connectivity index (χ0n) is 18.0. The van der Waals surface area contributed by atoms with Gasteiger partial charge in [-0.1, -0.05) is 29.8 Å². The van der Waals surface area contributed by atoms with Crippen molar-refractivity contribution in [2.45, 2.75) is 11.8 Å². The van der Waals surface area contributed by atoms with Crippen molar-refractivity contribution in [3.63, 3.8) is 0 Å². The van der Waals surface area contributed by atoms with E-state index in [4.69, 9.17) is 13.3 Å². The number of anilines is 2. The number of fused-ring (bicyclic) bond motifs is 1. The zero-order chi connectivity index (χ0) is 22.9. The molecule has 0 N–H and O–H groups in total. The summed E-state index contributed by atoms with van der Waals surface area (Å²) in [4.78, 5) is 14.4. The normalized spacial score (nSPS) is 12.8. The lowest BCUT2D eigenvalue weighted by atomic mass is 10.1. The van der Waals surface area contributed by atoms with Crippen LogP contribution < -0.4 is 19.4 Å². The molecule has 32 heavy (non-hydrogen) atoms. The fraction of sp³-hybridized carbons (Fsp3) is 0.120. The van der Waals surface area contributed by atoms with E-state index in [0.717, 1.165) is 10.9 Å². The fourth-order valence-electron chi connectivity index (χ4n) is 3.39. The number of hydrogen-bond donors (Lipinski definition) is 0. The fourth-order valence-corrected chi connectivity index (χ4v) is 4.46. The predicted octanol–water partition coefficient (Wildman–Crippen LogP) is 4.95. The number of benzene rings is 3. The second-order valence-electron chi connectivity index (χ2n) is 7.35. The summed E-state index contributed by atoms with van der Waals surface area (Å²) in [5.74, 6) is 4.51. The molecule has 0 spiro atoms. The highest BCUT2D eigenvalue weighted by Crippen LogP contribution is 2.37. The van der Waals surface area contributed by atoms with E-state index < -0.39 is 15.4 Å². The molecule has 1 atom stereocenters. The molecule has 0 saturated heterocycles. The molecule has 6 nitrogen and oxygen atoms in total. The van der Waals surface area contributed by atoms with Gasteiger partial charge in [-0.15, -0.1) is 0 Å². The van der Waals surface area contributed by atoms with E-state index in [9.17, 15) is 9.00 Å². The molecule has 0 aliphatic heterocycles. The lowest BCUT2D eigenvalue weighted by Gasteiger charge is -2.22. The number of para-hydroxylation sites is 1. The Labute approximate surface area is 186 Å². The van der Waals surface area contributed by atoms with Gasteiger partial charge < -0.3 is 18.2 Å². The summed E-state index contributed by atoms with van der Waals surface area (Å²) in [6, 6.07) is 21.2. The maximum Gasteiger partial charge on any atom is 0.338 e. The average molecular weight is 450 g/mol. The quantitative estimate of drug-likeness (QED) is 0.307. The van der Waals surface area contributed by atoms with Crippen LogP contribution in [0.15, 0.2) is 86.9 Å². The minimum Gasteiger partial charge on any atom is -0.493 e. The summed E-state index contributed by atoms with van der Waals surface area (Å²) in [6.07, 6.45) is 0. The van der Waals surface area contributed by atoms with Gasteiger partial charge >= 0.3 is 5.63 Å². The zero-order valence-corrected chi connectivity index (χ0v) is 18.8. The van der Waals surface area contributed by atoms with E-state index in [1.807, 2.05) is 55.3 Å². The number of ether oxygens (including phenoxy) is 1. The highest BCUT2D eigenvalue weighted by Gasteiger charge is 2.17. The smallest absolute Gasteiger partial charge is 0.338 e. The number of nitrogens with zero attached hydrogens (tertiary/aromatic N) is 1. The van der Waals surface area contributed by atoms with Gasteiger partial charge in [0.15, 0.2) is 11.5 Å². The molecule has 0 radical (unpaired) electrons. The molecular formula is C25H23NO5S. The summed E-state index contributed by atoms with van der Waals surface area (Å²) >= 11 is 0. The van der Waals surface area contributed by atoms with E-state index in [1.54, 1.807) is 30.3 Å². The Morgan fingerprint density at radius 1 is 0.969 bits per heavy atom. The van der Waals surface area contributed by atoms with Crippen LogP contribution in [0.1, 0.15) is 5.56 Å². The van der Waals surface area contributed by atoms with Crippen LogP contribution in [-0.4, -0.2) is 24.2 Å². The standard InChI is InChI=1S/C25H23NO5S/c1-17-9-12-19(13-10-17)32(4,28)31-24-15-18(11-14-23(24)29-3)26(2)21-16-25(27)30-22-8-6-5-7-20(21)22/h5-16H,4H2,1-3H3. The Morgan fingerprint density at radius 2 is 1.69 bits per heavy atom. The highest BCUT2D eigenvalue weighted by molar-refractivity contribution is 7.96. The van der Waals surface area contributed by atoms with Gasteiger partial charge in [-0.2, -0.15) is 0 Å². The van der Waals surface area contributed by atoms with Gasteiger partial charge in [0.1, 0.15) is 15.4 Å². The van der Waals surface area contributed by atoms with E-state index in [1.165, 1.54) is 13.2 Å². The van der Waals surface area contributed by atoms with Crippen LogP contribution in [0.3, 0.4) is 0 Å². The molecule has 1 unspecified atom stereocenters. The highest BCUT2D eigenvalue weighted by atomic mass is 32.2. The molecule has 4 aromatic rings. The first kappa shape index (κ1) is 21.5. The van der Waals surface area contributed by atoms with Crippen LogP contribution in [0.2, 0.25) is 0 Å². The summed E-state index contributed by atoms with van der Waals surface area (Å²) in [5, 5.41) is 0.786. The molecule has 0 saturated carbocycles. The van der Waals surface area contributed by atoms with Gasteiger partial charge in [0.25, 0.3) is 0 Å². The van der Waals surface area contributed by atoms with E-state index in [2.05, 4.69) is 5.87 Å². The van der Waals surface area contributed by atoms with Gasteiger partial charge in [-0.3, -0.25) is 0 Å². The second-order valence-corrected chi connectivity index (χ2v) is 9.22. The van der Waals surface area contributed by atoms with E-state index >= 15 is 0 Å². The maximum atomic E-state index is 13.3. The van der Waals surface area contributed by atoms with Crippen LogP contribution in [0, 0.1) is 6.92 Å². The van der Waals surface area contributed by atoms with Gasteiger partial charge in [0, 0.05) is 30.3 Å². The van der Waals surface area contributed by atoms with Crippen molar-refractivity contribution >= 4 is 38.0 Å². The third-order valence-corrected chi connectivity index (χ3v) is 6.57. The first-order valence-corrected chi connectivity index (χ1v) is 11.5. The largest absolute Gasteiger partial charge is 0.493 e. The van der Waals surface area contributed by atoms with Gasteiger partial charge in [0.2, 0.25) is 0 Å². The third kappa shape index (κ3) is 4.20. The first-order chi connectivity index (χ1) is 15.3. The average Bonchev–Trinajstić information content (AvgIpc) is 2.78. The SMILES string of the molecule is C=S(=O)(Oc1cc(N(C)c2cc(=O)oc3ccccc23)ccc1OC)c1ccc(C)cc1. The van der Waals surface area contributed by atoms with Crippen LogP contribution >= 0.6 is 0 Å². The van der Waals surface area contributed by atoms with Crippen LogP contribution in [0.5, 0.6) is 11.5 Å². The lowest BCUT2D eigenvalue weighted by molar-refractivity contribution is 0.396. The van der Waals surface area contributed by atoms with Crippen molar-refractivity contribution in [2.75, 3.05) is 19.1 Å². The minimum absolute atomic E-state index is 0.282. The number of aryl methyl sites for hydroxylation is 1. The predicted molar refractivity (Wildman–Crippen MR) is 129 cm³/mol. The summed E-state index contributed by atoms with van der Waals surface area (Å²) < 4.78 is 29.8.